The van der Waals surface area contributed by atoms with E-state index in [9.17, 15) is 4.79 Å². The van der Waals surface area contributed by atoms with Crippen LogP contribution in [0, 0.1) is 0 Å². The van der Waals surface area contributed by atoms with Crippen molar-refractivity contribution < 1.29 is 4.79 Å². The van der Waals surface area contributed by atoms with Gasteiger partial charge in [0.25, 0.3) is 0 Å². The van der Waals surface area contributed by atoms with E-state index in [1.54, 1.807) is 6.20 Å². The lowest BCUT2D eigenvalue weighted by Gasteiger charge is -2.34. The summed E-state index contributed by atoms with van der Waals surface area (Å²) in [5, 5.41) is 3.43. The molecule has 6 heteroatoms. The number of nitrogens with one attached hydrogen (secondary N) is 2. The third kappa shape index (κ3) is 3.67. The first-order chi connectivity index (χ1) is 16.3. The lowest BCUT2D eigenvalue weighted by atomic mass is 10.00. The molecular formula is C27H25N5O. The zero-order valence-corrected chi connectivity index (χ0v) is 18.3. The first kappa shape index (κ1) is 19.7. The van der Waals surface area contributed by atoms with Gasteiger partial charge in [0, 0.05) is 29.9 Å². The normalized spacial score (nSPS) is 16.5. The first-order valence-corrected chi connectivity index (χ1v) is 11.5. The number of hydrogen-bond acceptors (Lipinski definition) is 3. The topological polar surface area (TPSA) is 77.7 Å². The van der Waals surface area contributed by atoms with Crippen molar-refractivity contribution in [2.45, 2.75) is 31.7 Å². The van der Waals surface area contributed by atoms with E-state index in [-0.39, 0.29) is 11.9 Å². The molecule has 0 radical (unpaired) electrons. The molecule has 2 N–H and O–H groups in total. The molecule has 1 fully saturated rings. The number of aromatic amines is 2. The molecule has 33 heavy (non-hydrogen) atoms. The summed E-state index contributed by atoms with van der Waals surface area (Å²) in [6.45, 7) is 0.760. The third-order valence-corrected chi connectivity index (χ3v) is 6.67. The molecule has 1 aliphatic heterocycles. The minimum atomic E-state index is -0.0243. The number of piperidine rings is 1. The number of pyridine rings is 1. The Morgan fingerprint density at radius 3 is 2.88 bits per heavy atom. The predicted octanol–water partition coefficient (Wildman–Crippen LogP) is 5.40. The molecule has 0 saturated carbocycles. The van der Waals surface area contributed by atoms with Crippen molar-refractivity contribution in [1.82, 2.24) is 24.8 Å². The molecule has 1 atom stereocenters. The van der Waals surface area contributed by atoms with Crippen LogP contribution in [0.5, 0.6) is 0 Å². The Bertz CT molecular complexity index is 1450. The second-order valence-electron chi connectivity index (χ2n) is 8.73. The molecule has 0 bridgehead atoms. The van der Waals surface area contributed by atoms with E-state index in [0.717, 1.165) is 59.5 Å². The third-order valence-electron chi connectivity index (χ3n) is 6.67. The van der Waals surface area contributed by atoms with Crippen molar-refractivity contribution >= 4 is 27.7 Å². The number of aromatic nitrogens is 4. The standard InChI is InChI=1S/C27H25N5O/c33-25(15-21-16-29-26-22(21)8-5-12-28-26)32-13-4-3-9-24(32)27-30-17-23(31-27)20-11-10-18-6-1-2-7-19(18)14-20/h1-2,5-8,10-12,14,16-17,24H,3-4,9,13,15H2,(H,28,29)(H,30,31). The smallest absolute Gasteiger partial charge is 0.227 e. The van der Waals surface area contributed by atoms with E-state index in [2.05, 4.69) is 57.4 Å². The minimum absolute atomic E-state index is 0.0243. The highest BCUT2D eigenvalue weighted by atomic mass is 16.2. The Morgan fingerprint density at radius 1 is 1.03 bits per heavy atom. The first-order valence-electron chi connectivity index (χ1n) is 11.5. The van der Waals surface area contributed by atoms with E-state index in [4.69, 9.17) is 4.98 Å². The summed E-state index contributed by atoms with van der Waals surface area (Å²) in [5.41, 5.74) is 3.90. The Hall–Kier alpha value is -3.93. The van der Waals surface area contributed by atoms with Crippen LogP contribution in [0.4, 0.5) is 0 Å². The van der Waals surface area contributed by atoms with Gasteiger partial charge >= 0.3 is 0 Å². The monoisotopic (exact) mass is 435 g/mol. The second-order valence-corrected chi connectivity index (χ2v) is 8.73. The van der Waals surface area contributed by atoms with Gasteiger partial charge in [0.1, 0.15) is 11.5 Å². The highest BCUT2D eigenvalue weighted by Crippen LogP contribution is 2.32. The van der Waals surface area contributed by atoms with E-state index in [1.807, 2.05) is 29.4 Å². The van der Waals surface area contributed by atoms with Crippen LogP contribution >= 0.6 is 0 Å². The highest BCUT2D eigenvalue weighted by Gasteiger charge is 2.30. The van der Waals surface area contributed by atoms with Crippen molar-refractivity contribution in [2.24, 2.45) is 0 Å². The lowest BCUT2D eigenvalue weighted by molar-refractivity contribution is -0.134. The van der Waals surface area contributed by atoms with Gasteiger partial charge in [0.05, 0.1) is 24.4 Å². The van der Waals surface area contributed by atoms with Gasteiger partial charge in [0.15, 0.2) is 0 Å². The highest BCUT2D eigenvalue weighted by molar-refractivity contribution is 5.88. The van der Waals surface area contributed by atoms with Crippen LogP contribution in [-0.2, 0) is 11.2 Å². The zero-order valence-electron chi connectivity index (χ0n) is 18.3. The summed E-state index contributed by atoms with van der Waals surface area (Å²) < 4.78 is 0. The summed E-state index contributed by atoms with van der Waals surface area (Å²) in [5.74, 6) is 1.000. The summed E-state index contributed by atoms with van der Waals surface area (Å²) in [4.78, 5) is 31.1. The number of carbonyl (C=O) groups is 1. The van der Waals surface area contributed by atoms with Crippen molar-refractivity contribution in [3.05, 3.63) is 84.6 Å². The minimum Gasteiger partial charge on any atom is -0.346 e. The van der Waals surface area contributed by atoms with Crippen LogP contribution in [0.25, 0.3) is 33.1 Å². The molecule has 6 rings (SSSR count). The zero-order chi connectivity index (χ0) is 22.2. The molecule has 2 aromatic carbocycles. The number of amides is 1. The molecule has 4 heterocycles. The maximum atomic E-state index is 13.4. The molecule has 0 aliphatic carbocycles. The molecule has 164 valence electrons. The summed E-state index contributed by atoms with van der Waals surface area (Å²) in [6, 6.07) is 18.7. The van der Waals surface area contributed by atoms with E-state index >= 15 is 0 Å². The summed E-state index contributed by atoms with van der Waals surface area (Å²) in [6.07, 6.45) is 8.95. The molecule has 1 unspecified atom stereocenters. The molecule has 1 aliphatic rings. The van der Waals surface area contributed by atoms with Crippen LogP contribution in [0.2, 0.25) is 0 Å². The van der Waals surface area contributed by atoms with Gasteiger partial charge in [0.2, 0.25) is 5.91 Å². The number of rotatable bonds is 4. The Morgan fingerprint density at radius 2 is 1.94 bits per heavy atom. The van der Waals surface area contributed by atoms with Gasteiger partial charge in [-0.2, -0.15) is 0 Å². The van der Waals surface area contributed by atoms with Crippen molar-refractivity contribution in [3.63, 3.8) is 0 Å². The van der Waals surface area contributed by atoms with Crippen LogP contribution in [0.15, 0.2) is 73.2 Å². The second kappa shape index (κ2) is 8.20. The van der Waals surface area contributed by atoms with Crippen LogP contribution in [-0.4, -0.2) is 37.3 Å². The van der Waals surface area contributed by atoms with Crippen LogP contribution in [0.1, 0.15) is 36.7 Å². The van der Waals surface area contributed by atoms with E-state index < -0.39 is 0 Å². The van der Waals surface area contributed by atoms with E-state index in [0.29, 0.717) is 6.42 Å². The van der Waals surface area contributed by atoms with Crippen LogP contribution < -0.4 is 0 Å². The SMILES string of the molecule is O=C(Cc1c[nH]c2ncccc12)N1CCCCC1c1ncc(-c2ccc3ccccc3c2)[nH]1. The fraction of sp³-hybridized carbons (Fsp3) is 0.222. The molecule has 1 saturated heterocycles. The Balaban J connectivity index is 1.26. The fourth-order valence-electron chi connectivity index (χ4n) is 4.95. The Labute approximate surface area is 191 Å². The van der Waals surface area contributed by atoms with E-state index in [1.165, 1.54) is 10.8 Å². The van der Waals surface area contributed by atoms with Gasteiger partial charge in [-0.05, 0) is 53.8 Å². The van der Waals surface area contributed by atoms with Crippen molar-refractivity contribution in [2.75, 3.05) is 6.54 Å². The maximum Gasteiger partial charge on any atom is 0.227 e. The summed E-state index contributed by atoms with van der Waals surface area (Å²) >= 11 is 0. The molecule has 1 amide bonds. The van der Waals surface area contributed by atoms with Gasteiger partial charge in [-0.3, -0.25) is 4.79 Å². The summed E-state index contributed by atoms with van der Waals surface area (Å²) in [7, 11) is 0. The van der Waals surface area contributed by atoms with Gasteiger partial charge in [-0.1, -0.05) is 36.4 Å². The molecule has 3 aromatic heterocycles. The number of carbonyl (C=O) groups excluding carboxylic acids is 1. The number of nitrogens with zero attached hydrogens (tertiary/aromatic N) is 3. The molecule has 5 aromatic rings. The number of fused-ring (bicyclic) bond motifs is 2. The van der Waals surface area contributed by atoms with Gasteiger partial charge in [-0.25, -0.2) is 9.97 Å². The van der Waals surface area contributed by atoms with Gasteiger partial charge in [-0.15, -0.1) is 0 Å². The average molecular weight is 436 g/mol. The van der Waals surface area contributed by atoms with Crippen molar-refractivity contribution in [3.8, 4) is 11.3 Å². The number of H-pyrrole nitrogens is 2. The lowest BCUT2D eigenvalue weighted by Crippen LogP contribution is -2.39. The molecule has 0 spiro atoms. The predicted molar refractivity (Wildman–Crippen MR) is 130 cm³/mol. The fourth-order valence-corrected chi connectivity index (χ4v) is 4.95. The average Bonchev–Trinajstić information content (AvgIpc) is 3.52. The van der Waals surface area contributed by atoms with Crippen molar-refractivity contribution in [1.29, 1.82) is 0 Å². The number of likely N-dealkylation sites (tertiary alicyclic amines) is 1. The van der Waals surface area contributed by atoms with Crippen LogP contribution in [0.3, 0.4) is 0 Å². The molecule has 6 nitrogen and oxygen atoms in total. The largest absolute Gasteiger partial charge is 0.346 e. The number of hydrogen-bond donors (Lipinski definition) is 2. The van der Waals surface area contributed by atoms with Gasteiger partial charge < -0.3 is 14.9 Å². The number of imidazole rings is 1. The quantitative estimate of drug-likeness (QED) is 0.397. The molecular weight excluding hydrogens is 410 g/mol. The maximum absolute atomic E-state index is 13.4. The number of benzene rings is 2. The Kier molecular flexibility index (Phi) is 4.91.